The molecule has 0 aromatic carbocycles. The van der Waals surface area contributed by atoms with Gasteiger partial charge in [-0.2, -0.15) is 0 Å². The predicted octanol–water partition coefficient (Wildman–Crippen LogP) is 1.75. The van der Waals surface area contributed by atoms with E-state index in [4.69, 9.17) is 4.42 Å². The third kappa shape index (κ3) is 1.99. The lowest BCUT2D eigenvalue weighted by Gasteiger charge is -2.06. The van der Waals surface area contributed by atoms with Crippen molar-refractivity contribution in [1.82, 2.24) is 19.9 Å². The van der Waals surface area contributed by atoms with Gasteiger partial charge in [-0.25, -0.2) is 9.97 Å². The molecule has 0 amide bonds. The fourth-order valence-electron chi connectivity index (χ4n) is 1.59. The summed E-state index contributed by atoms with van der Waals surface area (Å²) in [6.45, 7) is 4.98. The number of nitrogens with zero attached hydrogens (tertiary/aromatic N) is 3. The second kappa shape index (κ2) is 4.49. The van der Waals surface area contributed by atoms with E-state index in [-0.39, 0.29) is 6.04 Å². The highest BCUT2D eigenvalue weighted by Crippen LogP contribution is 2.21. The van der Waals surface area contributed by atoms with Crippen LogP contribution in [0.5, 0.6) is 0 Å². The van der Waals surface area contributed by atoms with Crippen LogP contribution in [0.1, 0.15) is 25.8 Å². The van der Waals surface area contributed by atoms with E-state index < -0.39 is 0 Å². The first-order chi connectivity index (χ1) is 7.72. The quantitative estimate of drug-likeness (QED) is 0.852. The van der Waals surface area contributed by atoms with Gasteiger partial charge in [-0.05, 0) is 13.5 Å². The third-order valence-corrected chi connectivity index (χ3v) is 2.47. The predicted molar refractivity (Wildman–Crippen MR) is 60.8 cm³/mol. The average molecular weight is 220 g/mol. The third-order valence-electron chi connectivity index (χ3n) is 2.47. The highest BCUT2D eigenvalue weighted by atomic mass is 16.4. The number of imidazole rings is 1. The van der Waals surface area contributed by atoms with Gasteiger partial charge in [0.25, 0.3) is 0 Å². The molecule has 0 saturated heterocycles. The maximum atomic E-state index is 5.69. The van der Waals surface area contributed by atoms with Gasteiger partial charge in [0, 0.05) is 7.05 Å². The molecule has 1 atom stereocenters. The Labute approximate surface area is 94.5 Å². The van der Waals surface area contributed by atoms with E-state index in [9.17, 15) is 0 Å². The second-order valence-electron chi connectivity index (χ2n) is 3.73. The fourth-order valence-corrected chi connectivity index (χ4v) is 1.59. The first-order valence-corrected chi connectivity index (χ1v) is 5.38. The minimum Gasteiger partial charge on any atom is -0.437 e. The second-order valence-corrected chi connectivity index (χ2v) is 3.73. The van der Waals surface area contributed by atoms with Gasteiger partial charge in [-0.15, -0.1) is 0 Å². The van der Waals surface area contributed by atoms with Gasteiger partial charge in [-0.1, -0.05) is 6.92 Å². The molecular weight excluding hydrogens is 204 g/mol. The molecule has 1 N–H and O–H groups in total. The van der Waals surface area contributed by atoms with E-state index in [0.29, 0.717) is 5.89 Å². The molecule has 0 saturated carbocycles. The van der Waals surface area contributed by atoms with Crippen molar-refractivity contribution in [3.05, 3.63) is 24.6 Å². The molecule has 0 bridgehead atoms. The lowest BCUT2D eigenvalue weighted by atomic mass is 10.3. The number of hydrogen-bond donors (Lipinski definition) is 1. The number of hydrogen-bond acceptors (Lipinski definition) is 4. The Bertz CT molecular complexity index is 460. The number of aryl methyl sites for hydroxylation is 1. The highest BCUT2D eigenvalue weighted by Gasteiger charge is 2.13. The molecule has 0 radical (unpaired) electrons. The van der Waals surface area contributed by atoms with Crippen LogP contribution in [0.4, 0.5) is 0 Å². The molecule has 86 valence electrons. The van der Waals surface area contributed by atoms with E-state index in [2.05, 4.69) is 22.2 Å². The minimum atomic E-state index is 0.131. The van der Waals surface area contributed by atoms with Crippen molar-refractivity contribution in [1.29, 1.82) is 0 Å². The Kier molecular flexibility index (Phi) is 3.05. The van der Waals surface area contributed by atoms with E-state index >= 15 is 0 Å². The van der Waals surface area contributed by atoms with Crippen molar-refractivity contribution >= 4 is 0 Å². The molecule has 0 spiro atoms. The zero-order chi connectivity index (χ0) is 11.5. The SMILES string of the molecule is CCNC(C)c1ncc(-c2cncn2C)o1. The summed E-state index contributed by atoms with van der Waals surface area (Å²) in [5, 5.41) is 3.26. The summed E-state index contributed by atoms with van der Waals surface area (Å²) >= 11 is 0. The van der Waals surface area contributed by atoms with Crippen molar-refractivity contribution in [2.45, 2.75) is 19.9 Å². The Morgan fingerprint density at radius 3 is 2.94 bits per heavy atom. The van der Waals surface area contributed by atoms with E-state index in [0.717, 1.165) is 18.0 Å². The van der Waals surface area contributed by atoms with Crippen molar-refractivity contribution in [2.75, 3.05) is 6.54 Å². The average Bonchev–Trinajstić information content (AvgIpc) is 2.86. The van der Waals surface area contributed by atoms with Crippen LogP contribution in [-0.2, 0) is 7.05 Å². The normalized spacial score (nSPS) is 12.9. The van der Waals surface area contributed by atoms with Gasteiger partial charge >= 0.3 is 0 Å². The molecule has 0 aliphatic rings. The van der Waals surface area contributed by atoms with Crippen LogP contribution in [0, 0.1) is 0 Å². The molecule has 2 aromatic heterocycles. The van der Waals surface area contributed by atoms with E-state index in [1.165, 1.54) is 0 Å². The molecule has 2 rings (SSSR count). The maximum absolute atomic E-state index is 5.69. The summed E-state index contributed by atoms with van der Waals surface area (Å²) in [6.07, 6.45) is 5.24. The molecule has 16 heavy (non-hydrogen) atoms. The number of aromatic nitrogens is 3. The topological polar surface area (TPSA) is 55.9 Å². The van der Waals surface area contributed by atoms with Crippen molar-refractivity contribution in [3.63, 3.8) is 0 Å². The standard InChI is InChI=1S/C11H16N4O/c1-4-13-8(2)11-14-6-10(16-11)9-5-12-7-15(9)3/h5-8,13H,4H2,1-3H3. The summed E-state index contributed by atoms with van der Waals surface area (Å²) in [7, 11) is 1.93. The molecule has 2 aromatic rings. The van der Waals surface area contributed by atoms with Crippen LogP contribution >= 0.6 is 0 Å². The molecule has 0 aliphatic carbocycles. The van der Waals surface area contributed by atoms with Crippen molar-refractivity contribution in [2.24, 2.45) is 7.05 Å². The largest absolute Gasteiger partial charge is 0.437 e. The molecule has 5 heteroatoms. The van der Waals surface area contributed by atoms with Gasteiger partial charge < -0.3 is 14.3 Å². The molecule has 1 unspecified atom stereocenters. The monoisotopic (exact) mass is 220 g/mol. The van der Waals surface area contributed by atoms with Gasteiger partial charge in [0.1, 0.15) is 5.69 Å². The Morgan fingerprint density at radius 2 is 2.31 bits per heavy atom. The van der Waals surface area contributed by atoms with Crippen LogP contribution < -0.4 is 5.32 Å². The van der Waals surface area contributed by atoms with E-state index in [1.807, 2.05) is 18.5 Å². The molecule has 2 heterocycles. The zero-order valence-electron chi connectivity index (χ0n) is 9.77. The summed E-state index contributed by atoms with van der Waals surface area (Å²) in [5.74, 6) is 1.46. The first-order valence-electron chi connectivity index (χ1n) is 5.38. The Hall–Kier alpha value is -1.62. The highest BCUT2D eigenvalue weighted by molar-refractivity contribution is 5.49. The van der Waals surface area contributed by atoms with Crippen LogP contribution in [-0.4, -0.2) is 21.1 Å². The zero-order valence-corrected chi connectivity index (χ0v) is 9.77. The summed E-state index contributed by atoms with van der Waals surface area (Å²) in [4.78, 5) is 8.31. The van der Waals surface area contributed by atoms with Crippen molar-refractivity contribution < 1.29 is 4.42 Å². The molecular formula is C11H16N4O. The molecule has 0 fully saturated rings. The van der Waals surface area contributed by atoms with Crippen LogP contribution in [0.25, 0.3) is 11.5 Å². The lowest BCUT2D eigenvalue weighted by Crippen LogP contribution is -2.17. The minimum absolute atomic E-state index is 0.131. The Morgan fingerprint density at radius 1 is 1.50 bits per heavy atom. The summed E-state index contributed by atoms with van der Waals surface area (Å²) in [6, 6.07) is 0.131. The number of rotatable bonds is 4. The van der Waals surface area contributed by atoms with Gasteiger partial charge in [-0.3, -0.25) is 0 Å². The van der Waals surface area contributed by atoms with Crippen LogP contribution in [0.15, 0.2) is 23.1 Å². The fraction of sp³-hybridized carbons (Fsp3) is 0.455. The van der Waals surface area contributed by atoms with Crippen LogP contribution in [0.3, 0.4) is 0 Å². The number of oxazole rings is 1. The van der Waals surface area contributed by atoms with Gasteiger partial charge in [0.2, 0.25) is 5.89 Å². The smallest absolute Gasteiger partial charge is 0.211 e. The summed E-state index contributed by atoms with van der Waals surface area (Å²) in [5.41, 5.74) is 0.933. The lowest BCUT2D eigenvalue weighted by molar-refractivity contribution is 0.427. The first kappa shape index (κ1) is 10.9. The Balaban J connectivity index is 2.23. The van der Waals surface area contributed by atoms with E-state index in [1.54, 1.807) is 18.7 Å². The summed E-state index contributed by atoms with van der Waals surface area (Å²) < 4.78 is 7.59. The molecule has 0 aliphatic heterocycles. The van der Waals surface area contributed by atoms with Gasteiger partial charge in [0.15, 0.2) is 5.76 Å². The van der Waals surface area contributed by atoms with Crippen LogP contribution in [0.2, 0.25) is 0 Å². The van der Waals surface area contributed by atoms with Crippen molar-refractivity contribution in [3.8, 4) is 11.5 Å². The van der Waals surface area contributed by atoms with Gasteiger partial charge in [0.05, 0.1) is 24.8 Å². The number of nitrogens with one attached hydrogen (secondary N) is 1. The maximum Gasteiger partial charge on any atom is 0.211 e. The molecule has 5 nitrogen and oxygen atoms in total.